The lowest BCUT2D eigenvalue weighted by molar-refractivity contribution is -0.385. The number of nitro benzene ring substituents is 1. The van der Waals surface area contributed by atoms with E-state index in [1.54, 1.807) is 18.2 Å². The molecule has 0 atom stereocenters. The fourth-order valence-electron chi connectivity index (χ4n) is 2.04. The van der Waals surface area contributed by atoms with E-state index < -0.39 is 16.6 Å². The third kappa shape index (κ3) is 3.94. The van der Waals surface area contributed by atoms with Gasteiger partial charge in [0, 0.05) is 16.7 Å². The van der Waals surface area contributed by atoms with E-state index in [9.17, 15) is 14.9 Å². The van der Waals surface area contributed by atoms with Crippen molar-refractivity contribution < 1.29 is 23.9 Å². The molecule has 0 radical (unpaired) electrons. The van der Waals surface area contributed by atoms with Crippen LogP contribution in [-0.4, -0.2) is 25.1 Å². The topological polar surface area (TPSA) is 87.9 Å². The van der Waals surface area contributed by atoms with Gasteiger partial charge in [0.25, 0.3) is 5.69 Å². The number of esters is 1. The van der Waals surface area contributed by atoms with Gasteiger partial charge in [0.2, 0.25) is 0 Å². The molecule has 0 aliphatic heterocycles. The molecule has 0 amide bonds. The number of halogens is 1. The van der Waals surface area contributed by atoms with Crippen LogP contribution in [0, 0.1) is 10.1 Å². The van der Waals surface area contributed by atoms with Crippen LogP contribution in [0.15, 0.2) is 36.4 Å². The molecular formula is C16H14ClNO6. The van der Waals surface area contributed by atoms with E-state index in [2.05, 4.69) is 0 Å². The van der Waals surface area contributed by atoms with Crippen LogP contribution in [0.25, 0.3) is 0 Å². The summed E-state index contributed by atoms with van der Waals surface area (Å²) < 4.78 is 15.5. The summed E-state index contributed by atoms with van der Waals surface area (Å²) in [5.41, 5.74) is -0.0156. The maximum absolute atomic E-state index is 12.2. The number of hydrogen-bond acceptors (Lipinski definition) is 6. The number of ether oxygens (including phenoxy) is 3. The van der Waals surface area contributed by atoms with Crippen molar-refractivity contribution in [3.8, 4) is 11.5 Å². The summed E-state index contributed by atoms with van der Waals surface area (Å²) in [6.07, 6.45) is 0. The minimum absolute atomic E-state index is 0.126. The Hall–Kier alpha value is -2.80. The first-order chi connectivity index (χ1) is 11.5. The molecule has 2 aromatic carbocycles. The fourth-order valence-corrected chi connectivity index (χ4v) is 2.21. The van der Waals surface area contributed by atoms with E-state index >= 15 is 0 Å². The normalized spacial score (nSPS) is 10.1. The average Bonchev–Trinajstić information content (AvgIpc) is 2.59. The van der Waals surface area contributed by atoms with Crippen LogP contribution in [-0.2, 0) is 11.3 Å². The predicted octanol–water partition coefficient (Wildman–Crippen LogP) is 3.62. The van der Waals surface area contributed by atoms with E-state index in [-0.39, 0.29) is 17.2 Å². The highest BCUT2D eigenvalue weighted by atomic mass is 35.5. The zero-order valence-corrected chi connectivity index (χ0v) is 13.7. The van der Waals surface area contributed by atoms with Gasteiger partial charge in [0.1, 0.15) is 23.7 Å². The van der Waals surface area contributed by atoms with E-state index in [0.29, 0.717) is 17.1 Å². The van der Waals surface area contributed by atoms with Crippen molar-refractivity contribution in [1.29, 1.82) is 0 Å². The molecule has 0 aliphatic rings. The van der Waals surface area contributed by atoms with Crippen LogP contribution in [0.1, 0.15) is 15.9 Å². The number of rotatable bonds is 6. The number of methoxy groups -OCH3 is 2. The number of nitrogens with zero attached hydrogens (tertiary/aromatic N) is 1. The Morgan fingerprint density at radius 3 is 2.54 bits per heavy atom. The monoisotopic (exact) mass is 351 g/mol. The molecule has 2 rings (SSSR count). The maximum atomic E-state index is 12.2. The van der Waals surface area contributed by atoms with Crippen molar-refractivity contribution in [2.45, 2.75) is 6.61 Å². The molecule has 7 nitrogen and oxygen atoms in total. The van der Waals surface area contributed by atoms with Gasteiger partial charge in [0.05, 0.1) is 19.1 Å². The summed E-state index contributed by atoms with van der Waals surface area (Å²) in [7, 11) is 2.99. The summed E-state index contributed by atoms with van der Waals surface area (Å²) in [5, 5.41) is 11.2. The summed E-state index contributed by atoms with van der Waals surface area (Å²) in [6.45, 7) is -0.126. The highest BCUT2D eigenvalue weighted by molar-refractivity contribution is 6.31. The van der Waals surface area contributed by atoms with Gasteiger partial charge in [-0.05, 0) is 30.3 Å². The minimum Gasteiger partial charge on any atom is -0.497 e. The van der Waals surface area contributed by atoms with Crippen molar-refractivity contribution in [3.05, 3.63) is 62.7 Å². The smallest absolute Gasteiger partial charge is 0.345 e. The first-order valence-electron chi connectivity index (χ1n) is 6.78. The number of carbonyl (C=O) groups excluding carboxylic acids is 1. The molecule has 0 saturated carbocycles. The quantitative estimate of drug-likeness (QED) is 0.448. The Bertz CT molecular complexity index is 777. The van der Waals surface area contributed by atoms with Crippen LogP contribution < -0.4 is 9.47 Å². The van der Waals surface area contributed by atoms with Crippen LogP contribution in [0.5, 0.6) is 11.5 Å². The van der Waals surface area contributed by atoms with Gasteiger partial charge in [0.15, 0.2) is 0 Å². The van der Waals surface area contributed by atoms with Gasteiger partial charge >= 0.3 is 5.97 Å². The molecule has 2 aromatic rings. The molecule has 24 heavy (non-hydrogen) atoms. The first-order valence-corrected chi connectivity index (χ1v) is 7.16. The zero-order chi connectivity index (χ0) is 17.7. The molecule has 0 heterocycles. The van der Waals surface area contributed by atoms with Crippen LogP contribution in [0.4, 0.5) is 5.69 Å². The molecule has 8 heteroatoms. The largest absolute Gasteiger partial charge is 0.497 e. The van der Waals surface area contributed by atoms with E-state index in [1.165, 1.54) is 26.4 Å². The second-order valence-corrected chi connectivity index (χ2v) is 5.11. The van der Waals surface area contributed by atoms with Crippen molar-refractivity contribution >= 4 is 23.3 Å². The van der Waals surface area contributed by atoms with E-state index in [4.69, 9.17) is 25.8 Å². The Morgan fingerprint density at radius 2 is 1.92 bits per heavy atom. The van der Waals surface area contributed by atoms with E-state index in [1.807, 2.05) is 0 Å². The minimum atomic E-state index is -0.830. The molecule has 126 valence electrons. The molecule has 0 saturated heterocycles. The Balaban J connectivity index is 2.21. The summed E-state index contributed by atoms with van der Waals surface area (Å²) in [5.74, 6) is 0.247. The Labute approximate surface area is 142 Å². The number of nitro groups is 1. The Morgan fingerprint density at radius 1 is 1.17 bits per heavy atom. The molecule has 0 spiro atoms. The number of hydrogen-bond donors (Lipinski definition) is 0. The zero-order valence-electron chi connectivity index (χ0n) is 12.9. The van der Waals surface area contributed by atoms with E-state index in [0.717, 1.165) is 6.07 Å². The Kier molecular flexibility index (Phi) is 5.59. The maximum Gasteiger partial charge on any atom is 0.345 e. The summed E-state index contributed by atoms with van der Waals surface area (Å²) in [4.78, 5) is 22.5. The SMILES string of the molecule is COc1ccc(OC)c(COC(=O)c2ccc(Cl)cc2[N+](=O)[O-])c1. The molecule has 0 N–H and O–H groups in total. The summed E-state index contributed by atoms with van der Waals surface area (Å²) in [6, 6.07) is 8.77. The van der Waals surface area contributed by atoms with Gasteiger partial charge < -0.3 is 14.2 Å². The van der Waals surface area contributed by atoms with Crippen molar-refractivity contribution in [2.24, 2.45) is 0 Å². The van der Waals surface area contributed by atoms with Gasteiger partial charge in [-0.25, -0.2) is 4.79 Å². The van der Waals surface area contributed by atoms with Crippen LogP contribution in [0.3, 0.4) is 0 Å². The number of carbonyl (C=O) groups is 1. The molecule has 0 unspecified atom stereocenters. The molecule has 0 bridgehead atoms. The lowest BCUT2D eigenvalue weighted by atomic mass is 10.1. The third-order valence-corrected chi connectivity index (χ3v) is 3.46. The second kappa shape index (κ2) is 7.65. The van der Waals surface area contributed by atoms with Gasteiger partial charge in [-0.2, -0.15) is 0 Å². The van der Waals surface area contributed by atoms with Crippen molar-refractivity contribution in [1.82, 2.24) is 0 Å². The highest BCUT2D eigenvalue weighted by Crippen LogP contribution is 2.27. The van der Waals surface area contributed by atoms with Gasteiger partial charge in [-0.1, -0.05) is 11.6 Å². The lowest BCUT2D eigenvalue weighted by Crippen LogP contribution is -2.09. The fraction of sp³-hybridized carbons (Fsp3) is 0.188. The van der Waals surface area contributed by atoms with Crippen molar-refractivity contribution in [3.63, 3.8) is 0 Å². The van der Waals surface area contributed by atoms with Crippen molar-refractivity contribution in [2.75, 3.05) is 14.2 Å². The molecule has 0 aliphatic carbocycles. The van der Waals surface area contributed by atoms with Gasteiger partial charge in [-0.3, -0.25) is 10.1 Å². The van der Waals surface area contributed by atoms with Crippen LogP contribution >= 0.6 is 11.6 Å². The summed E-state index contributed by atoms with van der Waals surface area (Å²) >= 11 is 5.72. The molecular weight excluding hydrogens is 338 g/mol. The second-order valence-electron chi connectivity index (χ2n) is 4.67. The highest BCUT2D eigenvalue weighted by Gasteiger charge is 2.22. The average molecular weight is 352 g/mol. The molecule has 0 aromatic heterocycles. The lowest BCUT2D eigenvalue weighted by Gasteiger charge is -2.11. The third-order valence-electron chi connectivity index (χ3n) is 3.22. The first kappa shape index (κ1) is 17.6. The standard InChI is InChI=1S/C16H14ClNO6/c1-22-12-4-6-15(23-2)10(7-12)9-24-16(19)13-5-3-11(17)8-14(13)18(20)21/h3-8H,9H2,1-2H3. The molecule has 0 fully saturated rings. The van der Waals surface area contributed by atoms with Crippen LogP contribution in [0.2, 0.25) is 5.02 Å². The van der Waals surface area contributed by atoms with Gasteiger partial charge in [-0.15, -0.1) is 0 Å². The number of benzene rings is 2. The predicted molar refractivity (Wildman–Crippen MR) is 86.8 cm³/mol.